The predicted molar refractivity (Wildman–Crippen MR) is 64.6 cm³/mol. The fourth-order valence-corrected chi connectivity index (χ4v) is 2.06. The standard InChI is InChI=1S/C10H10N6OS/c1-16-3-6(2-13-16)8(11)10-14-9(15-17-10)7-4-18-5-12-7/h2-5,8H,11H2,1H3. The number of nitrogens with zero attached hydrogens (tertiary/aromatic N) is 5. The summed E-state index contributed by atoms with van der Waals surface area (Å²) in [6.07, 6.45) is 3.49. The van der Waals surface area contributed by atoms with Gasteiger partial charge in [0.05, 0.1) is 11.7 Å². The third-order valence-electron chi connectivity index (χ3n) is 2.45. The Morgan fingerprint density at radius 3 is 3.06 bits per heavy atom. The largest absolute Gasteiger partial charge is 0.337 e. The molecule has 0 saturated carbocycles. The van der Waals surface area contributed by atoms with Gasteiger partial charge in [-0.2, -0.15) is 10.1 Å². The highest BCUT2D eigenvalue weighted by Crippen LogP contribution is 2.21. The number of nitrogens with two attached hydrogens (primary N) is 1. The molecule has 2 N–H and O–H groups in total. The van der Waals surface area contributed by atoms with Gasteiger partial charge in [0.25, 0.3) is 0 Å². The van der Waals surface area contributed by atoms with Gasteiger partial charge in [-0.15, -0.1) is 11.3 Å². The molecule has 7 nitrogen and oxygen atoms in total. The fraction of sp³-hybridized carbons (Fsp3) is 0.200. The highest BCUT2D eigenvalue weighted by Gasteiger charge is 2.19. The quantitative estimate of drug-likeness (QED) is 0.755. The molecule has 92 valence electrons. The lowest BCUT2D eigenvalue weighted by Crippen LogP contribution is -2.11. The summed E-state index contributed by atoms with van der Waals surface area (Å²) in [5, 5.41) is 9.77. The average molecular weight is 262 g/mol. The van der Waals surface area contributed by atoms with Crippen LogP contribution >= 0.6 is 11.3 Å². The molecule has 8 heteroatoms. The van der Waals surface area contributed by atoms with Gasteiger partial charge in [0.15, 0.2) is 0 Å². The molecule has 0 radical (unpaired) electrons. The summed E-state index contributed by atoms with van der Waals surface area (Å²) in [7, 11) is 1.82. The molecule has 0 aromatic carbocycles. The van der Waals surface area contributed by atoms with E-state index in [1.165, 1.54) is 11.3 Å². The summed E-state index contributed by atoms with van der Waals surface area (Å²) in [5.74, 6) is 0.802. The molecule has 18 heavy (non-hydrogen) atoms. The SMILES string of the molecule is Cn1cc(C(N)c2nc(-c3cscn3)no2)cn1. The molecule has 3 heterocycles. The molecule has 1 atom stereocenters. The molecule has 3 aromatic rings. The summed E-state index contributed by atoms with van der Waals surface area (Å²) < 4.78 is 6.83. The smallest absolute Gasteiger partial charge is 0.248 e. The van der Waals surface area contributed by atoms with Crippen molar-refractivity contribution in [1.29, 1.82) is 0 Å². The van der Waals surface area contributed by atoms with Gasteiger partial charge in [-0.1, -0.05) is 5.16 Å². The predicted octanol–water partition coefficient (Wildman–Crippen LogP) is 0.975. The van der Waals surface area contributed by atoms with Crippen molar-refractivity contribution >= 4 is 11.3 Å². The molecule has 0 aliphatic rings. The van der Waals surface area contributed by atoms with Gasteiger partial charge < -0.3 is 10.3 Å². The van der Waals surface area contributed by atoms with E-state index >= 15 is 0 Å². The maximum absolute atomic E-state index is 6.03. The van der Waals surface area contributed by atoms with Crippen LogP contribution in [-0.2, 0) is 7.05 Å². The van der Waals surface area contributed by atoms with Crippen LogP contribution in [0.2, 0.25) is 0 Å². The van der Waals surface area contributed by atoms with Gasteiger partial charge in [0, 0.05) is 24.2 Å². The second-order valence-electron chi connectivity index (χ2n) is 3.75. The van der Waals surface area contributed by atoms with Gasteiger partial charge in [0.2, 0.25) is 11.7 Å². The molecule has 1 unspecified atom stereocenters. The molecular formula is C10H10N6OS. The minimum absolute atomic E-state index is 0.353. The van der Waals surface area contributed by atoms with Gasteiger partial charge >= 0.3 is 0 Å². The van der Waals surface area contributed by atoms with E-state index in [-0.39, 0.29) is 0 Å². The van der Waals surface area contributed by atoms with Crippen molar-refractivity contribution in [2.24, 2.45) is 12.8 Å². The lowest BCUT2D eigenvalue weighted by atomic mass is 10.2. The average Bonchev–Trinajstić information content (AvgIpc) is 3.09. The zero-order chi connectivity index (χ0) is 12.5. The van der Waals surface area contributed by atoms with E-state index in [9.17, 15) is 0 Å². The lowest BCUT2D eigenvalue weighted by Gasteiger charge is -2.01. The first-order valence-corrected chi connectivity index (χ1v) is 6.14. The molecule has 0 amide bonds. The monoisotopic (exact) mass is 262 g/mol. The number of hydrogen-bond donors (Lipinski definition) is 1. The van der Waals surface area contributed by atoms with E-state index in [0.717, 1.165) is 5.56 Å². The Balaban J connectivity index is 1.89. The fourth-order valence-electron chi connectivity index (χ4n) is 1.53. The first kappa shape index (κ1) is 11.1. The molecule has 0 saturated heterocycles. The van der Waals surface area contributed by atoms with Crippen molar-refractivity contribution in [3.05, 3.63) is 34.7 Å². The highest BCUT2D eigenvalue weighted by atomic mass is 32.1. The number of hydrogen-bond acceptors (Lipinski definition) is 7. The van der Waals surface area contributed by atoms with Crippen LogP contribution in [0, 0.1) is 0 Å². The van der Waals surface area contributed by atoms with Crippen molar-refractivity contribution in [3.63, 3.8) is 0 Å². The second kappa shape index (κ2) is 4.31. The highest BCUT2D eigenvalue weighted by molar-refractivity contribution is 7.07. The summed E-state index contributed by atoms with van der Waals surface area (Å²) in [5.41, 5.74) is 9.26. The molecule has 0 aliphatic heterocycles. The van der Waals surface area contributed by atoms with E-state index in [0.29, 0.717) is 17.4 Å². The molecule has 0 spiro atoms. The summed E-state index contributed by atoms with van der Waals surface area (Å²) in [6, 6.07) is -0.474. The van der Waals surface area contributed by atoms with E-state index < -0.39 is 6.04 Å². The molecule has 0 bridgehead atoms. The second-order valence-corrected chi connectivity index (χ2v) is 4.47. The van der Waals surface area contributed by atoms with Crippen LogP contribution in [0.15, 0.2) is 27.8 Å². The minimum atomic E-state index is -0.474. The van der Waals surface area contributed by atoms with Crippen molar-refractivity contribution in [2.45, 2.75) is 6.04 Å². The van der Waals surface area contributed by atoms with Crippen molar-refractivity contribution in [2.75, 3.05) is 0 Å². The Bertz CT molecular complexity index is 643. The molecule has 3 aromatic heterocycles. The van der Waals surface area contributed by atoms with Crippen LogP contribution in [0.4, 0.5) is 0 Å². The van der Waals surface area contributed by atoms with Crippen LogP contribution in [0.5, 0.6) is 0 Å². The summed E-state index contributed by atoms with van der Waals surface area (Å²) in [6.45, 7) is 0. The van der Waals surface area contributed by atoms with E-state index in [1.54, 1.807) is 16.4 Å². The minimum Gasteiger partial charge on any atom is -0.337 e. The Labute approximate surface area is 106 Å². The number of rotatable bonds is 3. The Morgan fingerprint density at radius 2 is 2.39 bits per heavy atom. The van der Waals surface area contributed by atoms with Crippen molar-refractivity contribution in [3.8, 4) is 11.5 Å². The van der Waals surface area contributed by atoms with E-state index in [2.05, 4.69) is 20.2 Å². The third-order valence-corrected chi connectivity index (χ3v) is 3.04. The van der Waals surface area contributed by atoms with Crippen LogP contribution in [0.1, 0.15) is 17.5 Å². The van der Waals surface area contributed by atoms with Crippen LogP contribution in [0.3, 0.4) is 0 Å². The van der Waals surface area contributed by atoms with Gasteiger partial charge in [-0.25, -0.2) is 4.98 Å². The first-order chi connectivity index (χ1) is 8.74. The Kier molecular flexibility index (Phi) is 2.65. The maximum Gasteiger partial charge on any atom is 0.248 e. The topological polar surface area (TPSA) is 95.7 Å². The molecule has 3 rings (SSSR count). The third kappa shape index (κ3) is 1.91. The molecular weight excluding hydrogens is 252 g/mol. The Hall–Kier alpha value is -2.06. The van der Waals surface area contributed by atoms with E-state index in [4.69, 9.17) is 10.3 Å². The van der Waals surface area contributed by atoms with Gasteiger partial charge in [0.1, 0.15) is 11.7 Å². The van der Waals surface area contributed by atoms with Crippen LogP contribution in [0.25, 0.3) is 11.5 Å². The Morgan fingerprint density at radius 1 is 1.50 bits per heavy atom. The van der Waals surface area contributed by atoms with Crippen LogP contribution in [-0.4, -0.2) is 24.9 Å². The first-order valence-electron chi connectivity index (χ1n) is 5.20. The normalized spacial score (nSPS) is 12.8. The zero-order valence-electron chi connectivity index (χ0n) is 9.52. The van der Waals surface area contributed by atoms with Gasteiger partial charge in [-0.3, -0.25) is 4.68 Å². The summed E-state index contributed by atoms with van der Waals surface area (Å²) in [4.78, 5) is 8.35. The zero-order valence-corrected chi connectivity index (χ0v) is 10.3. The number of aryl methyl sites for hydroxylation is 1. The van der Waals surface area contributed by atoms with Crippen molar-refractivity contribution < 1.29 is 4.52 Å². The van der Waals surface area contributed by atoms with E-state index in [1.807, 2.05) is 18.6 Å². The van der Waals surface area contributed by atoms with Crippen LogP contribution < -0.4 is 5.73 Å². The van der Waals surface area contributed by atoms with Gasteiger partial charge in [-0.05, 0) is 0 Å². The van der Waals surface area contributed by atoms with Crippen molar-refractivity contribution in [1.82, 2.24) is 24.9 Å². The summed E-state index contributed by atoms with van der Waals surface area (Å²) >= 11 is 1.47. The maximum atomic E-state index is 6.03. The number of thiazole rings is 1. The molecule has 0 aliphatic carbocycles. The number of aromatic nitrogens is 5. The molecule has 0 fully saturated rings. The lowest BCUT2D eigenvalue weighted by molar-refractivity contribution is 0.367.